The zero-order chi connectivity index (χ0) is 8.77. The molecule has 0 aliphatic heterocycles. The zero-order valence-electron chi connectivity index (χ0n) is 6.79. The third-order valence-electron chi connectivity index (χ3n) is 2.47. The quantitative estimate of drug-likeness (QED) is 0.684. The summed E-state index contributed by atoms with van der Waals surface area (Å²) < 4.78 is 0. The number of aromatic amines is 1. The Morgan fingerprint density at radius 1 is 1.75 bits per heavy atom. The van der Waals surface area contributed by atoms with Crippen LogP contribution in [0.2, 0.25) is 0 Å². The summed E-state index contributed by atoms with van der Waals surface area (Å²) in [5, 5.41) is 15.5. The number of aromatic nitrogens is 2. The van der Waals surface area contributed by atoms with Gasteiger partial charge < -0.3 is 5.11 Å². The monoisotopic (exact) mass is 166 g/mol. The lowest BCUT2D eigenvalue weighted by atomic mass is 10.0. The van der Waals surface area contributed by atoms with E-state index in [4.69, 9.17) is 5.11 Å². The Morgan fingerprint density at radius 3 is 2.75 bits per heavy atom. The maximum atomic E-state index is 10.9. The molecule has 12 heavy (non-hydrogen) atoms. The largest absolute Gasteiger partial charge is 0.481 e. The van der Waals surface area contributed by atoms with Crippen LogP contribution in [0.25, 0.3) is 0 Å². The number of nitrogens with zero attached hydrogens (tertiary/aromatic N) is 1. The summed E-state index contributed by atoms with van der Waals surface area (Å²) in [6.45, 7) is 1.88. The molecule has 1 saturated carbocycles. The van der Waals surface area contributed by atoms with Crippen molar-refractivity contribution in [2.24, 2.45) is 0 Å². The average molecular weight is 166 g/mol. The molecule has 64 valence electrons. The normalized spacial score (nSPS) is 19.1. The predicted molar refractivity (Wildman–Crippen MR) is 41.9 cm³/mol. The van der Waals surface area contributed by atoms with E-state index in [9.17, 15) is 4.79 Å². The molecule has 1 fully saturated rings. The van der Waals surface area contributed by atoms with Crippen molar-refractivity contribution < 1.29 is 9.90 Å². The van der Waals surface area contributed by atoms with Crippen LogP contribution >= 0.6 is 0 Å². The lowest BCUT2D eigenvalue weighted by Crippen LogP contribution is -2.20. The van der Waals surface area contributed by atoms with Crippen LogP contribution in [-0.4, -0.2) is 21.3 Å². The van der Waals surface area contributed by atoms with E-state index >= 15 is 0 Å². The maximum absolute atomic E-state index is 10.9. The summed E-state index contributed by atoms with van der Waals surface area (Å²) in [5.41, 5.74) is 1.07. The molecule has 0 amide bonds. The van der Waals surface area contributed by atoms with Crippen molar-refractivity contribution in [1.29, 1.82) is 0 Å². The fraction of sp³-hybridized carbons (Fsp3) is 0.500. The molecule has 2 N–H and O–H groups in total. The Morgan fingerprint density at radius 2 is 2.42 bits per heavy atom. The summed E-state index contributed by atoms with van der Waals surface area (Å²) >= 11 is 0. The third-order valence-corrected chi connectivity index (χ3v) is 2.47. The van der Waals surface area contributed by atoms with E-state index in [2.05, 4.69) is 10.2 Å². The Bertz CT molecular complexity index is 326. The maximum Gasteiger partial charge on any atom is 0.315 e. The van der Waals surface area contributed by atoms with E-state index in [-0.39, 0.29) is 0 Å². The van der Waals surface area contributed by atoms with Crippen LogP contribution in [0, 0.1) is 6.92 Å². The van der Waals surface area contributed by atoms with Crippen molar-refractivity contribution >= 4 is 5.97 Å². The van der Waals surface area contributed by atoms with Gasteiger partial charge in [0.1, 0.15) is 5.41 Å². The van der Waals surface area contributed by atoms with Gasteiger partial charge in [0.2, 0.25) is 0 Å². The molecule has 0 unspecified atom stereocenters. The molecule has 0 radical (unpaired) electrons. The van der Waals surface area contributed by atoms with Crippen molar-refractivity contribution in [1.82, 2.24) is 10.2 Å². The van der Waals surface area contributed by atoms with Gasteiger partial charge in [0.25, 0.3) is 0 Å². The highest BCUT2D eigenvalue weighted by molar-refractivity contribution is 5.84. The molecule has 1 aliphatic carbocycles. The van der Waals surface area contributed by atoms with E-state index in [1.807, 2.05) is 6.92 Å². The number of hydrogen-bond donors (Lipinski definition) is 2. The van der Waals surface area contributed by atoms with E-state index in [1.165, 1.54) is 0 Å². The first kappa shape index (κ1) is 7.34. The smallest absolute Gasteiger partial charge is 0.315 e. The molecule has 1 heterocycles. The van der Waals surface area contributed by atoms with Crippen LogP contribution in [0.15, 0.2) is 6.20 Å². The van der Waals surface area contributed by atoms with E-state index in [0.717, 1.165) is 24.1 Å². The van der Waals surface area contributed by atoms with Gasteiger partial charge in [-0.15, -0.1) is 0 Å². The van der Waals surface area contributed by atoms with Gasteiger partial charge in [-0.05, 0) is 25.3 Å². The second kappa shape index (κ2) is 2.09. The van der Waals surface area contributed by atoms with E-state index < -0.39 is 11.4 Å². The van der Waals surface area contributed by atoms with Crippen LogP contribution in [-0.2, 0) is 10.2 Å². The molecule has 0 spiro atoms. The number of aryl methyl sites for hydroxylation is 1. The standard InChI is InChI=1S/C8H10N2O2/c1-5-4-9-10-6(5)8(2-3-8)7(11)12/h4H,2-3H2,1H3,(H,9,10)(H,11,12). The minimum Gasteiger partial charge on any atom is -0.481 e. The molecular formula is C8H10N2O2. The van der Waals surface area contributed by atoms with E-state index in [1.54, 1.807) is 6.20 Å². The Hall–Kier alpha value is -1.32. The molecule has 2 rings (SSSR count). The SMILES string of the molecule is Cc1cn[nH]c1C1(C(=O)O)CC1. The number of carboxylic acid groups (broad SMARTS) is 1. The Kier molecular flexibility index (Phi) is 1.28. The van der Waals surface area contributed by atoms with Crippen LogP contribution in [0.5, 0.6) is 0 Å². The third kappa shape index (κ3) is 0.776. The summed E-state index contributed by atoms with van der Waals surface area (Å²) in [4.78, 5) is 10.9. The van der Waals surface area contributed by atoms with Gasteiger partial charge in [-0.2, -0.15) is 5.10 Å². The Labute approximate surface area is 69.6 Å². The summed E-state index contributed by atoms with van der Waals surface area (Å²) in [7, 11) is 0. The summed E-state index contributed by atoms with van der Waals surface area (Å²) in [6.07, 6.45) is 3.12. The number of hydrogen-bond acceptors (Lipinski definition) is 2. The molecule has 4 heteroatoms. The van der Waals surface area contributed by atoms with Crippen molar-refractivity contribution in [3.63, 3.8) is 0 Å². The van der Waals surface area contributed by atoms with Crippen molar-refractivity contribution in [2.45, 2.75) is 25.2 Å². The summed E-state index contributed by atoms with van der Waals surface area (Å²) in [5.74, 6) is -0.741. The van der Waals surface area contributed by atoms with Gasteiger partial charge in [-0.3, -0.25) is 9.89 Å². The average Bonchev–Trinajstić information content (AvgIpc) is 2.71. The van der Waals surface area contributed by atoms with Gasteiger partial charge in [0, 0.05) is 0 Å². The second-order valence-corrected chi connectivity index (χ2v) is 3.32. The van der Waals surface area contributed by atoms with Crippen molar-refractivity contribution in [3.05, 3.63) is 17.5 Å². The lowest BCUT2D eigenvalue weighted by Gasteiger charge is -2.07. The predicted octanol–water partition coefficient (Wildman–Crippen LogP) is 0.834. The highest BCUT2D eigenvalue weighted by atomic mass is 16.4. The van der Waals surface area contributed by atoms with Crippen LogP contribution < -0.4 is 0 Å². The molecule has 1 aromatic heterocycles. The second-order valence-electron chi connectivity index (χ2n) is 3.32. The molecule has 0 atom stereocenters. The van der Waals surface area contributed by atoms with Gasteiger partial charge in [-0.25, -0.2) is 0 Å². The van der Waals surface area contributed by atoms with Gasteiger partial charge >= 0.3 is 5.97 Å². The molecule has 4 nitrogen and oxygen atoms in total. The van der Waals surface area contributed by atoms with Crippen LogP contribution in [0.4, 0.5) is 0 Å². The number of carbonyl (C=O) groups is 1. The molecule has 1 aromatic rings. The molecule has 0 saturated heterocycles. The first-order valence-corrected chi connectivity index (χ1v) is 3.91. The number of nitrogens with one attached hydrogen (secondary N) is 1. The fourth-order valence-corrected chi connectivity index (χ4v) is 1.53. The highest BCUT2D eigenvalue weighted by Crippen LogP contribution is 2.48. The number of rotatable bonds is 2. The Balaban J connectivity index is 2.43. The number of H-pyrrole nitrogens is 1. The minimum absolute atomic E-state index is 0.638. The van der Waals surface area contributed by atoms with Crippen molar-refractivity contribution in [3.8, 4) is 0 Å². The molecule has 0 bridgehead atoms. The van der Waals surface area contributed by atoms with Gasteiger partial charge in [-0.1, -0.05) is 0 Å². The highest BCUT2D eigenvalue weighted by Gasteiger charge is 2.53. The van der Waals surface area contributed by atoms with Gasteiger partial charge in [0.05, 0.1) is 11.9 Å². The summed E-state index contributed by atoms with van der Waals surface area (Å²) in [6, 6.07) is 0. The molecule has 1 aliphatic rings. The van der Waals surface area contributed by atoms with Crippen LogP contribution in [0.3, 0.4) is 0 Å². The fourth-order valence-electron chi connectivity index (χ4n) is 1.53. The van der Waals surface area contributed by atoms with Gasteiger partial charge in [0.15, 0.2) is 0 Å². The van der Waals surface area contributed by atoms with E-state index in [0.29, 0.717) is 0 Å². The molecule has 0 aromatic carbocycles. The topological polar surface area (TPSA) is 66.0 Å². The first-order valence-electron chi connectivity index (χ1n) is 3.91. The minimum atomic E-state index is -0.741. The first-order chi connectivity index (χ1) is 5.67. The van der Waals surface area contributed by atoms with Crippen LogP contribution in [0.1, 0.15) is 24.1 Å². The zero-order valence-corrected chi connectivity index (χ0v) is 6.79. The van der Waals surface area contributed by atoms with Crippen molar-refractivity contribution in [2.75, 3.05) is 0 Å². The molecular weight excluding hydrogens is 156 g/mol. The number of aliphatic carboxylic acids is 1. The lowest BCUT2D eigenvalue weighted by molar-refractivity contribution is -0.140. The number of carboxylic acids is 1.